The number of benzene rings is 2. The Morgan fingerprint density at radius 1 is 1.16 bits per heavy atom. The molecule has 166 valence electrons. The van der Waals surface area contributed by atoms with Gasteiger partial charge in [0.05, 0.1) is 5.92 Å². The fourth-order valence-corrected chi connectivity index (χ4v) is 4.04. The van der Waals surface area contributed by atoms with Gasteiger partial charge in [-0.15, -0.1) is 0 Å². The van der Waals surface area contributed by atoms with Crippen LogP contribution in [0.4, 0.5) is 4.39 Å². The van der Waals surface area contributed by atoms with E-state index in [0.29, 0.717) is 36.1 Å². The predicted molar refractivity (Wildman–Crippen MR) is 117 cm³/mol. The van der Waals surface area contributed by atoms with Crippen LogP contribution in [0.15, 0.2) is 51.7 Å². The predicted octanol–water partition coefficient (Wildman–Crippen LogP) is 4.14. The van der Waals surface area contributed by atoms with Crippen LogP contribution in [0.3, 0.4) is 0 Å². The Balaban J connectivity index is 1.45. The molecule has 1 aromatic heterocycles. The van der Waals surface area contributed by atoms with Gasteiger partial charge in [0, 0.05) is 35.7 Å². The zero-order valence-electron chi connectivity index (χ0n) is 18.0. The van der Waals surface area contributed by atoms with E-state index in [9.17, 15) is 18.8 Å². The smallest absolute Gasteiger partial charge is 0.336 e. The molecular formula is C25H24FNO5. The maximum absolute atomic E-state index is 13.1. The molecule has 1 fully saturated rings. The van der Waals surface area contributed by atoms with Gasteiger partial charge in [0.2, 0.25) is 0 Å². The molecule has 1 aliphatic rings. The van der Waals surface area contributed by atoms with Crippen molar-refractivity contribution in [3.63, 3.8) is 0 Å². The molecule has 0 saturated carbocycles. The number of esters is 1. The summed E-state index contributed by atoms with van der Waals surface area (Å²) in [4.78, 5) is 39.1. The molecule has 0 spiro atoms. The number of likely N-dealkylation sites (tertiary alicyclic amines) is 1. The molecule has 0 bridgehead atoms. The van der Waals surface area contributed by atoms with E-state index < -0.39 is 23.3 Å². The summed E-state index contributed by atoms with van der Waals surface area (Å²) in [7, 11) is 0. The van der Waals surface area contributed by atoms with Crippen LogP contribution >= 0.6 is 0 Å². The lowest BCUT2D eigenvalue weighted by Crippen LogP contribution is -2.42. The van der Waals surface area contributed by atoms with Crippen molar-refractivity contribution in [1.29, 1.82) is 0 Å². The molecule has 1 amide bonds. The molecule has 2 heterocycles. The normalized spacial score (nSPS) is 16.2. The van der Waals surface area contributed by atoms with E-state index in [0.717, 1.165) is 16.5 Å². The van der Waals surface area contributed by atoms with Gasteiger partial charge in [-0.3, -0.25) is 9.59 Å². The van der Waals surface area contributed by atoms with Gasteiger partial charge in [-0.1, -0.05) is 12.1 Å². The first-order chi connectivity index (χ1) is 15.3. The van der Waals surface area contributed by atoms with E-state index in [-0.39, 0.29) is 19.1 Å². The molecule has 1 aliphatic heterocycles. The summed E-state index contributed by atoms with van der Waals surface area (Å²) in [6.45, 7) is 4.54. The molecule has 1 unspecified atom stereocenters. The highest BCUT2D eigenvalue weighted by atomic mass is 19.1. The number of hydrogen-bond acceptors (Lipinski definition) is 5. The molecule has 4 rings (SSSR count). The Morgan fingerprint density at radius 3 is 2.66 bits per heavy atom. The highest BCUT2D eigenvalue weighted by molar-refractivity contribution is 5.94. The minimum atomic E-state index is -0.494. The first kappa shape index (κ1) is 21.7. The SMILES string of the molecule is Cc1ccc2c(COC(=O)C3CCCN(C(=O)c4ccc(F)cc4)C3)cc(=O)oc2c1C. The molecule has 0 N–H and O–H groups in total. The number of nitrogens with zero attached hydrogens (tertiary/aromatic N) is 1. The maximum atomic E-state index is 13.1. The monoisotopic (exact) mass is 437 g/mol. The van der Waals surface area contributed by atoms with Gasteiger partial charge in [0.15, 0.2) is 0 Å². The van der Waals surface area contributed by atoms with E-state index in [2.05, 4.69) is 0 Å². The lowest BCUT2D eigenvalue weighted by atomic mass is 9.97. The Labute approximate surface area is 184 Å². The number of amides is 1. The molecule has 1 saturated heterocycles. The van der Waals surface area contributed by atoms with Gasteiger partial charge in [0.1, 0.15) is 18.0 Å². The lowest BCUT2D eigenvalue weighted by molar-refractivity contribution is -0.151. The Morgan fingerprint density at radius 2 is 1.91 bits per heavy atom. The Kier molecular flexibility index (Phi) is 6.08. The number of fused-ring (bicyclic) bond motifs is 1. The standard InChI is InChI=1S/C25H24FNO5/c1-15-5-10-21-19(12-22(28)32-23(21)16(15)2)14-31-25(30)18-4-3-11-27(13-18)24(29)17-6-8-20(26)9-7-17/h5-10,12,18H,3-4,11,13-14H2,1-2H3. The van der Waals surface area contributed by atoms with Gasteiger partial charge in [-0.2, -0.15) is 0 Å². The fraction of sp³-hybridized carbons (Fsp3) is 0.320. The number of halogens is 1. The van der Waals surface area contributed by atoms with Gasteiger partial charge >= 0.3 is 11.6 Å². The summed E-state index contributed by atoms with van der Waals surface area (Å²) < 4.78 is 24.0. The molecule has 6 nitrogen and oxygen atoms in total. The van der Waals surface area contributed by atoms with E-state index >= 15 is 0 Å². The highest BCUT2D eigenvalue weighted by Gasteiger charge is 2.30. The third kappa shape index (κ3) is 4.42. The van der Waals surface area contributed by atoms with Crippen molar-refractivity contribution >= 4 is 22.8 Å². The number of hydrogen-bond donors (Lipinski definition) is 0. The van der Waals surface area contributed by atoms with Crippen LogP contribution in [-0.2, 0) is 16.1 Å². The minimum absolute atomic E-state index is 0.0498. The van der Waals surface area contributed by atoms with Crippen LogP contribution in [0.25, 0.3) is 11.0 Å². The lowest BCUT2D eigenvalue weighted by Gasteiger charge is -2.31. The number of piperidine rings is 1. The van der Waals surface area contributed by atoms with Crippen molar-refractivity contribution in [2.24, 2.45) is 5.92 Å². The first-order valence-electron chi connectivity index (χ1n) is 10.6. The van der Waals surface area contributed by atoms with E-state index in [1.807, 2.05) is 26.0 Å². The number of rotatable bonds is 4. The Hall–Kier alpha value is -3.48. The van der Waals surface area contributed by atoms with Crippen LogP contribution in [-0.4, -0.2) is 29.9 Å². The number of carbonyl (C=O) groups excluding carboxylic acids is 2. The van der Waals surface area contributed by atoms with Crippen LogP contribution < -0.4 is 5.63 Å². The molecule has 3 aromatic rings. The van der Waals surface area contributed by atoms with Crippen molar-refractivity contribution in [1.82, 2.24) is 4.90 Å². The third-order valence-electron chi connectivity index (χ3n) is 6.02. The summed E-state index contributed by atoms with van der Waals surface area (Å²) >= 11 is 0. The molecule has 0 radical (unpaired) electrons. The zero-order chi connectivity index (χ0) is 22.8. The summed E-state index contributed by atoms with van der Waals surface area (Å²) in [5, 5.41) is 0.734. The molecule has 1 atom stereocenters. The minimum Gasteiger partial charge on any atom is -0.461 e. The second-order valence-electron chi connectivity index (χ2n) is 8.18. The second-order valence-corrected chi connectivity index (χ2v) is 8.18. The summed E-state index contributed by atoms with van der Waals surface area (Å²) in [6, 6.07) is 10.5. The van der Waals surface area contributed by atoms with Crippen LogP contribution in [0.5, 0.6) is 0 Å². The molecule has 7 heteroatoms. The number of aryl methyl sites for hydroxylation is 2. The summed E-state index contributed by atoms with van der Waals surface area (Å²) in [6.07, 6.45) is 1.28. The Bertz CT molecular complexity index is 1230. The van der Waals surface area contributed by atoms with Gasteiger partial charge in [-0.05, 0) is 62.1 Å². The average molecular weight is 437 g/mol. The van der Waals surface area contributed by atoms with Crippen molar-refractivity contribution in [3.8, 4) is 0 Å². The first-order valence-corrected chi connectivity index (χ1v) is 10.6. The molecular weight excluding hydrogens is 413 g/mol. The van der Waals surface area contributed by atoms with Crippen LogP contribution in [0.2, 0.25) is 0 Å². The van der Waals surface area contributed by atoms with E-state index in [1.165, 1.54) is 30.3 Å². The zero-order valence-corrected chi connectivity index (χ0v) is 18.0. The third-order valence-corrected chi connectivity index (χ3v) is 6.02. The van der Waals surface area contributed by atoms with Gasteiger partial charge < -0.3 is 14.1 Å². The molecule has 2 aromatic carbocycles. The van der Waals surface area contributed by atoms with Crippen LogP contribution in [0, 0.1) is 25.6 Å². The van der Waals surface area contributed by atoms with E-state index in [1.54, 1.807) is 4.90 Å². The molecule has 0 aliphatic carbocycles. The topological polar surface area (TPSA) is 76.8 Å². The number of ether oxygens (including phenoxy) is 1. The van der Waals surface area contributed by atoms with Gasteiger partial charge in [0.25, 0.3) is 5.91 Å². The largest absolute Gasteiger partial charge is 0.461 e. The van der Waals surface area contributed by atoms with Crippen molar-refractivity contribution in [2.45, 2.75) is 33.3 Å². The highest BCUT2D eigenvalue weighted by Crippen LogP contribution is 2.25. The summed E-state index contributed by atoms with van der Waals surface area (Å²) in [5.74, 6) is -1.51. The quantitative estimate of drug-likeness (QED) is 0.453. The average Bonchev–Trinajstić information content (AvgIpc) is 2.80. The van der Waals surface area contributed by atoms with Crippen LogP contribution in [0.1, 0.15) is 39.9 Å². The van der Waals surface area contributed by atoms with Crippen molar-refractivity contribution in [2.75, 3.05) is 13.1 Å². The maximum Gasteiger partial charge on any atom is 0.336 e. The summed E-state index contributed by atoms with van der Waals surface area (Å²) in [5.41, 5.74) is 2.84. The van der Waals surface area contributed by atoms with E-state index in [4.69, 9.17) is 9.15 Å². The fourth-order valence-electron chi connectivity index (χ4n) is 4.04. The number of carbonyl (C=O) groups is 2. The molecule has 32 heavy (non-hydrogen) atoms. The van der Waals surface area contributed by atoms with Crippen molar-refractivity contribution < 1.29 is 23.1 Å². The van der Waals surface area contributed by atoms with Gasteiger partial charge in [-0.25, -0.2) is 9.18 Å². The second kappa shape index (κ2) is 8.94. The van der Waals surface area contributed by atoms with Crippen molar-refractivity contribution in [3.05, 3.63) is 81.0 Å².